The Balaban J connectivity index is 1.98. The van der Waals surface area contributed by atoms with Crippen molar-refractivity contribution in [2.45, 2.75) is 24.5 Å². The van der Waals surface area contributed by atoms with Gasteiger partial charge in [-0.15, -0.1) is 0 Å². The largest absolute Gasteiger partial charge is 0.394 e. The molecule has 0 saturated carbocycles. The second kappa shape index (κ2) is 6.52. The number of imidazole rings is 1. The number of primary amides is 1. The zero-order chi connectivity index (χ0) is 18.1. The van der Waals surface area contributed by atoms with Crippen LogP contribution in [0.3, 0.4) is 0 Å². The molecule has 0 bridgehead atoms. The molecular weight excluding hydrogens is 338 g/mol. The van der Waals surface area contributed by atoms with Crippen LogP contribution >= 0.6 is 0 Å². The van der Waals surface area contributed by atoms with E-state index in [-0.39, 0.29) is 22.9 Å². The maximum atomic E-state index is 10.6. The molecule has 4 atom stereocenters. The Morgan fingerprint density at radius 2 is 2.16 bits per heavy atom. The number of aliphatic hydroxyl groups excluding tert-OH is 3. The predicted octanol–water partition coefficient (Wildman–Crippen LogP) is -2.31. The summed E-state index contributed by atoms with van der Waals surface area (Å²) in [6.07, 6.45) is -3.34. The number of nitrogen functional groups attached to an aromatic ring is 1. The van der Waals surface area contributed by atoms with Gasteiger partial charge in [-0.05, 0) is 0 Å². The van der Waals surface area contributed by atoms with Crippen LogP contribution in [-0.4, -0.2) is 65.8 Å². The van der Waals surface area contributed by atoms with Crippen LogP contribution in [0.5, 0.6) is 0 Å². The van der Waals surface area contributed by atoms with Crippen molar-refractivity contribution in [1.82, 2.24) is 24.9 Å². The number of carbonyl (C=O) groups excluding carboxylic acids is 1. The molecule has 2 aromatic heterocycles. The van der Waals surface area contributed by atoms with Crippen LogP contribution in [0.4, 0.5) is 16.6 Å². The molecule has 25 heavy (non-hydrogen) atoms. The minimum atomic E-state index is -1.33. The number of rotatable bonds is 4. The highest BCUT2D eigenvalue weighted by atomic mass is 16.6. The van der Waals surface area contributed by atoms with Crippen LogP contribution in [0.15, 0.2) is 16.7 Å². The van der Waals surface area contributed by atoms with Crippen LogP contribution < -0.4 is 16.9 Å². The number of carbonyl (C=O) groups is 1. The fourth-order valence-corrected chi connectivity index (χ4v) is 2.39. The lowest BCUT2D eigenvalue weighted by Crippen LogP contribution is -2.33. The summed E-state index contributed by atoms with van der Waals surface area (Å²) < 4.78 is 6.74. The number of hydrogen-bond acceptors (Lipinski definition) is 11. The molecule has 8 N–H and O–H groups in total. The van der Waals surface area contributed by atoms with Crippen LogP contribution in [0.25, 0.3) is 11.2 Å². The second-order valence-corrected chi connectivity index (χ2v) is 5.14. The number of ether oxygens (including phenoxy) is 1. The Hall–Kier alpha value is -2.94. The van der Waals surface area contributed by atoms with Crippen molar-refractivity contribution in [3.05, 3.63) is 6.33 Å². The summed E-state index contributed by atoms with van der Waals surface area (Å²) in [5.41, 5.74) is 12.9. The topological polar surface area (TPSA) is 219 Å². The number of anilines is 1. The van der Waals surface area contributed by atoms with Gasteiger partial charge in [-0.1, -0.05) is 10.3 Å². The van der Waals surface area contributed by atoms with Gasteiger partial charge in [0, 0.05) is 0 Å². The monoisotopic (exact) mass is 353 g/mol. The number of urea groups is 1. The van der Waals surface area contributed by atoms with Crippen molar-refractivity contribution in [2.24, 2.45) is 16.1 Å². The third-order valence-electron chi connectivity index (χ3n) is 3.53. The van der Waals surface area contributed by atoms with Crippen molar-refractivity contribution in [2.75, 3.05) is 12.3 Å². The Kier molecular flexibility index (Phi) is 4.41. The lowest BCUT2D eigenvalue weighted by atomic mass is 10.1. The molecule has 0 spiro atoms. The first kappa shape index (κ1) is 16.9. The first-order valence-electron chi connectivity index (χ1n) is 7.01. The van der Waals surface area contributed by atoms with E-state index >= 15 is 0 Å². The van der Waals surface area contributed by atoms with Crippen molar-refractivity contribution in [3.8, 4) is 0 Å². The van der Waals surface area contributed by atoms with Gasteiger partial charge >= 0.3 is 6.03 Å². The van der Waals surface area contributed by atoms with Gasteiger partial charge in [-0.25, -0.2) is 15.2 Å². The average molecular weight is 353 g/mol. The Labute approximate surface area is 139 Å². The summed E-state index contributed by atoms with van der Waals surface area (Å²) in [7, 11) is 0. The third kappa shape index (κ3) is 3.05. The summed E-state index contributed by atoms with van der Waals surface area (Å²) >= 11 is 0. The average Bonchev–Trinajstić information content (AvgIpc) is 3.10. The van der Waals surface area contributed by atoms with Gasteiger partial charge in [-0.3, -0.25) is 4.57 Å². The van der Waals surface area contributed by atoms with Crippen LogP contribution in [-0.2, 0) is 4.74 Å². The van der Waals surface area contributed by atoms with Crippen molar-refractivity contribution in [3.63, 3.8) is 0 Å². The molecule has 0 aliphatic carbocycles. The molecule has 1 fully saturated rings. The highest BCUT2D eigenvalue weighted by molar-refractivity contribution is 5.82. The van der Waals surface area contributed by atoms with E-state index < -0.39 is 37.2 Å². The highest BCUT2D eigenvalue weighted by Gasteiger charge is 2.44. The van der Waals surface area contributed by atoms with E-state index in [9.17, 15) is 20.1 Å². The smallest absolute Gasteiger partial charge is 0.333 e. The van der Waals surface area contributed by atoms with Crippen LogP contribution in [0, 0.1) is 0 Å². The van der Waals surface area contributed by atoms with Gasteiger partial charge in [-0.2, -0.15) is 9.97 Å². The Morgan fingerprint density at radius 1 is 1.40 bits per heavy atom. The molecule has 0 radical (unpaired) electrons. The molecule has 1 aliphatic heterocycles. The first-order valence-corrected chi connectivity index (χ1v) is 7.01. The molecule has 1 aliphatic rings. The van der Waals surface area contributed by atoms with E-state index in [2.05, 4.69) is 25.3 Å². The van der Waals surface area contributed by atoms with Crippen molar-refractivity contribution < 1.29 is 24.9 Å². The van der Waals surface area contributed by atoms with E-state index in [1.165, 1.54) is 10.9 Å². The van der Waals surface area contributed by atoms with Gasteiger partial charge in [0.1, 0.15) is 23.8 Å². The van der Waals surface area contributed by atoms with E-state index in [1.807, 2.05) is 5.43 Å². The normalized spacial score (nSPS) is 26.5. The molecule has 2 amide bonds. The number of aliphatic hydroxyl groups is 3. The van der Waals surface area contributed by atoms with Gasteiger partial charge < -0.3 is 31.5 Å². The van der Waals surface area contributed by atoms with Gasteiger partial charge in [0.15, 0.2) is 17.7 Å². The summed E-state index contributed by atoms with van der Waals surface area (Å²) in [4.78, 5) is 22.5. The number of hydrogen-bond donors (Lipinski definition) is 6. The molecule has 2 aromatic rings. The number of fused-ring (bicyclic) bond motifs is 1. The number of nitrogens with zero attached hydrogens (tertiary/aromatic N) is 6. The SMILES string of the molecule is NC(=O)N/N=N/c1nc(N)c2ncn([C@@H]3O[C@H](CO)[C@@H](O)[C@H]3O)c2n1. The maximum Gasteiger partial charge on any atom is 0.333 e. The van der Waals surface area contributed by atoms with Crippen molar-refractivity contribution in [1.29, 1.82) is 0 Å². The van der Waals surface area contributed by atoms with E-state index in [0.29, 0.717) is 0 Å². The molecule has 14 heteroatoms. The summed E-state index contributed by atoms with van der Waals surface area (Å²) in [6, 6.07) is -0.922. The van der Waals surface area contributed by atoms with E-state index in [4.69, 9.17) is 16.2 Å². The lowest BCUT2D eigenvalue weighted by molar-refractivity contribution is -0.0511. The van der Waals surface area contributed by atoms with E-state index in [0.717, 1.165) is 0 Å². The van der Waals surface area contributed by atoms with Crippen LogP contribution in [0.2, 0.25) is 0 Å². The molecule has 0 aromatic carbocycles. The predicted molar refractivity (Wildman–Crippen MR) is 80.0 cm³/mol. The lowest BCUT2D eigenvalue weighted by Gasteiger charge is -2.16. The van der Waals surface area contributed by atoms with Gasteiger partial charge in [0.2, 0.25) is 0 Å². The molecule has 1 saturated heterocycles. The van der Waals surface area contributed by atoms with Crippen LogP contribution in [0.1, 0.15) is 6.23 Å². The number of aromatic nitrogens is 4. The molecule has 3 heterocycles. The highest BCUT2D eigenvalue weighted by Crippen LogP contribution is 2.32. The molecule has 134 valence electrons. The molecule has 14 nitrogen and oxygen atoms in total. The first-order chi connectivity index (χ1) is 11.9. The number of amides is 2. The summed E-state index contributed by atoms with van der Waals surface area (Å²) in [6.45, 7) is -0.475. The standard InChI is InChI=1S/C11H15N9O5/c12-7-4-8(16-11(15-7)18-19-17-10(13)24)20(2-14-4)9-6(23)5(22)3(1-21)25-9/h2-3,5-6,9,21-23H,1H2,(H5,12,13,15,16,17,18,24)/t3-,5-,6-,9-/m1/s1. The fraction of sp³-hybridized carbons (Fsp3) is 0.455. The Morgan fingerprint density at radius 3 is 2.80 bits per heavy atom. The third-order valence-corrected chi connectivity index (χ3v) is 3.53. The van der Waals surface area contributed by atoms with Gasteiger partial charge in [0.25, 0.3) is 5.95 Å². The summed E-state index contributed by atoms with van der Waals surface area (Å²) in [5, 5.41) is 36.0. The van der Waals surface area contributed by atoms with Gasteiger partial charge in [0.05, 0.1) is 12.9 Å². The zero-order valence-corrected chi connectivity index (χ0v) is 12.6. The second-order valence-electron chi connectivity index (χ2n) is 5.14. The Bertz CT molecular complexity index is 824. The summed E-state index contributed by atoms with van der Waals surface area (Å²) in [5.74, 6) is -0.226. The minimum absolute atomic E-state index is 0.0245. The van der Waals surface area contributed by atoms with E-state index in [1.54, 1.807) is 0 Å². The quantitative estimate of drug-likeness (QED) is 0.256. The van der Waals surface area contributed by atoms with Crippen molar-refractivity contribution >= 4 is 29.0 Å². The fourth-order valence-electron chi connectivity index (χ4n) is 2.39. The molecule has 0 unspecified atom stereocenters. The zero-order valence-electron chi connectivity index (χ0n) is 12.6. The molecule has 3 rings (SSSR count). The number of nitrogens with one attached hydrogen (secondary N) is 1. The minimum Gasteiger partial charge on any atom is -0.394 e. The number of nitrogens with two attached hydrogens (primary N) is 2. The molecular formula is C11H15N9O5. The maximum absolute atomic E-state index is 10.6.